The molecule has 1 aliphatic heterocycles. The van der Waals surface area contributed by atoms with Crippen molar-refractivity contribution in [3.05, 3.63) is 42.0 Å². The second kappa shape index (κ2) is 9.52. The number of rotatable bonds is 8. The first-order valence-electron chi connectivity index (χ1n) is 9.99. The highest BCUT2D eigenvalue weighted by atomic mass is 16.5. The number of hydrogen-bond acceptors (Lipinski definition) is 5. The molecule has 30 heavy (non-hydrogen) atoms. The van der Waals surface area contributed by atoms with Gasteiger partial charge >= 0.3 is 0 Å². The Morgan fingerprint density at radius 2 is 1.90 bits per heavy atom. The molecule has 0 atom stereocenters. The molecular weight excluding hydrogens is 384 g/mol. The van der Waals surface area contributed by atoms with Gasteiger partial charge in [0.15, 0.2) is 18.1 Å². The molecule has 2 aromatic rings. The SMILES string of the molecule is COc1ccc(CCC(=O)Nc2ccc3c(c2)N(CC(C)C)C(=O)CO3)cc1OC. The van der Waals surface area contributed by atoms with Crippen molar-refractivity contribution in [1.82, 2.24) is 0 Å². The van der Waals surface area contributed by atoms with Gasteiger partial charge in [-0.25, -0.2) is 0 Å². The van der Waals surface area contributed by atoms with Crippen molar-refractivity contribution in [3.63, 3.8) is 0 Å². The molecule has 0 spiro atoms. The molecule has 1 aliphatic rings. The maximum atomic E-state index is 12.5. The second-order valence-corrected chi connectivity index (χ2v) is 7.61. The lowest BCUT2D eigenvalue weighted by molar-refractivity contribution is -0.121. The van der Waals surface area contributed by atoms with Crippen LogP contribution in [-0.4, -0.2) is 39.2 Å². The van der Waals surface area contributed by atoms with Crippen LogP contribution in [0, 0.1) is 5.92 Å². The fraction of sp³-hybridized carbons (Fsp3) is 0.391. The van der Waals surface area contributed by atoms with E-state index in [9.17, 15) is 9.59 Å². The minimum atomic E-state index is -0.108. The predicted octanol–water partition coefficient (Wildman–Crippen LogP) is 3.66. The van der Waals surface area contributed by atoms with Crippen LogP contribution in [0.15, 0.2) is 36.4 Å². The Morgan fingerprint density at radius 3 is 2.60 bits per heavy atom. The summed E-state index contributed by atoms with van der Waals surface area (Å²) in [5.74, 6) is 2.08. The molecule has 2 aromatic carbocycles. The van der Waals surface area contributed by atoms with E-state index in [1.807, 2.05) is 18.2 Å². The monoisotopic (exact) mass is 412 g/mol. The summed E-state index contributed by atoms with van der Waals surface area (Å²) in [5.41, 5.74) is 2.31. The number of aryl methyl sites for hydroxylation is 1. The molecule has 0 aliphatic carbocycles. The number of benzene rings is 2. The van der Waals surface area contributed by atoms with Crippen LogP contribution in [-0.2, 0) is 16.0 Å². The molecule has 7 nitrogen and oxygen atoms in total. The zero-order valence-corrected chi connectivity index (χ0v) is 17.9. The summed E-state index contributed by atoms with van der Waals surface area (Å²) < 4.78 is 16.1. The maximum absolute atomic E-state index is 12.5. The van der Waals surface area contributed by atoms with Gasteiger partial charge < -0.3 is 24.4 Å². The Morgan fingerprint density at radius 1 is 1.13 bits per heavy atom. The van der Waals surface area contributed by atoms with E-state index >= 15 is 0 Å². The Hall–Kier alpha value is -3.22. The summed E-state index contributed by atoms with van der Waals surface area (Å²) in [5, 5.41) is 2.91. The van der Waals surface area contributed by atoms with Crippen LogP contribution in [0.1, 0.15) is 25.8 Å². The van der Waals surface area contributed by atoms with Crippen LogP contribution in [0.25, 0.3) is 0 Å². The zero-order valence-electron chi connectivity index (χ0n) is 17.9. The Bertz CT molecular complexity index is 926. The number of amides is 2. The fourth-order valence-corrected chi connectivity index (χ4v) is 3.36. The summed E-state index contributed by atoms with van der Waals surface area (Å²) in [6, 6.07) is 11.0. The van der Waals surface area contributed by atoms with Crippen molar-refractivity contribution in [3.8, 4) is 17.2 Å². The molecule has 0 radical (unpaired) electrons. The quantitative estimate of drug-likeness (QED) is 0.716. The number of nitrogens with zero attached hydrogens (tertiary/aromatic N) is 1. The molecule has 2 amide bonds. The molecule has 0 saturated heterocycles. The molecule has 3 rings (SSSR count). The van der Waals surface area contributed by atoms with E-state index in [-0.39, 0.29) is 18.4 Å². The Balaban J connectivity index is 1.66. The molecule has 0 bridgehead atoms. The standard InChI is InChI=1S/C23H28N2O5/c1-15(2)13-25-18-12-17(7-9-19(18)30-14-23(25)27)24-22(26)10-6-16-5-8-20(28-3)21(11-16)29-4/h5,7-9,11-12,15H,6,10,13-14H2,1-4H3,(H,24,26). The van der Waals surface area contributed by atoms with E-state index < -0.39 is 0 Å². The first-order chi connectivity index (χ1) is 14.4. The molecule has 7 heteroatoms. The van der Waals surface area contributed by atoms with Crippen molar-refractivity contribution in [2.75, 3.05) is 37.6 Å². The third kappa shape index (κ3) is 5.03. The average Bonchev–Trinajstić information content (AvgIpc) is 2.74. The van der Waals surface area contributed by atoms with Gasteiger partial charge in [0.2, 0.25) is 5.91 Å². The second-order valence-electron chi connectivity index (χ2n) is 7.61. The van der Waals surface area contributed by atoms with Crippen molar-refractivity contribution < 1.29 is 23.8 Å². The van der Waals surface area contributed by atoms with E-state index in [1.165, 1.54) is 0 Å². The molecular formula is C23H28N2O5. The molecule has 160 valence electrons. The van der Waals surface area contributed by atoms with Crippen LogP contribution >= 0.6 is 0 Å². The van der Waals surface area contributed by atoms with Crippen molar-refractivity contribution in [2.24, 2.45) is 5.92 Å². The van der Waals surface area contributed by atoms with E-state index in [0.717, 1.165) is 5.56 Å². The lowest BCUT2D eigenvalue weighted by Gasteiger charge is -2.31. The van der Waals surface area contributed by atoms with Crippen molar-refractivity contribution in [1.29, 1.82) is 0 Å². The number of hydrogen-bond donors (Lipinski definition) is 1. The number of methoxy groups -OCH3 is 2. The highest BCUT2D eigenvalue weighted by molar-refractivity contribution is 5.99. The van der Waals surface area contributed by atoms with E-state index in [2.05, 4.69) is 19.2 Å². The molecule has 1 N–H and O–H groups in total. The fourth-order valence-electron chi connectivity index (χ4n) is 3.36. The van der Waals surface area contributed by atoms with Crippen LogP contribution in [0.2, 0.25) is 0 Å². The zero-order chi connectivity index (χ0) is 21.7. The predicted molar refractivity (Wildman–Crippen MR) is 116 cm³/mol. The number of carbonyl (C=O) groups is 2. The first-order valence-corrected chi connectivity index (χ1v) is 9.99. The maximum Gasteiger partial charge on any atom is 0.265 e. The van der Waals surface area contributed by atoms with E-state index in [0.29, 0.717) is 53.9 Å². The Kier molecular flexibility index (Phi) is 6.82. The third-order valence-electron chi connectivity index (χ3n) is 4.82. The van der Waals surface area contributed by atoms with E-state index in [4.69, 9.17) is 14.2 Å². The number of ether oxygens (including phenoxy) is 3. The smallest absolute Gasteiger partial charge is 0.265 e. The minimum Gasteiger partial charge on any atom is -0.493 e. The summed E-state index contributed by atoms with van der Waals surface area (Å²) in [4.78, 5) is 26.5. The molecule has 0 fully saturated rings. The average molecular weight is 412 g/mol. The van der Waals surface area contributed by atoms with Crippen LogP contribution < -0.4 is 24.4 Å². The lowest BCUT2D eigenvalue weighted by atomic mass is 10.1. The van der Waals surface area contributed by atoms with Crippen molar-refractivity contribution >= 4 is 23.2 Å². The molecule has 1 heterocycles. The topological polar surface area (TPSA) is 77.1 Å². The Labute approximate surface area is 176 Å². The number of anilines is 2. The minimum absolute atomic E-state index is 0.0384. The number of carbonyl (C=O) groups excluding carboxylic acids is 2. The van der Waals surface area contributed by atoms with Gasteiger partial charge in [0, 0.05) is 18.7 Å². The summed E-state index contributed by atoms with van der Waals surface area (Å²) in [6.07, 6.45) is 0.885. The van der Waals surface area contributed by atoms with Gasteiger partial charge in [-0.15, -0.1) is 0 Å². The molecule has 0 saturated carbocycles. The van der Waals surface area contributed by atoms with E-state index in [1.54, 1.807) is 37.3 Å². The van der Waals surface area contributed by atoms with Crippen LogP contribution in [0.3, 0.4) is 0 Å². The third-order valence-corrected chi connectivity index (χ3v) is 4.82. The van der Waals surface area contributed by atoms with Gasteiger partial charge in [0.1, 0.15) is 5.75 Å². The lowest BCUT2D eigenvalue weighted by Crippen LogP contribution is -2.41. The summed E-state index contributed by atoms with van der Waals surface area (Å²) >= 11 is 0. The first kappa shape index (κ1) is 21.5. The highest BCUT2D eigenvalue weighted by Crippen LogP contribution is 2.35. The van der Waals surface area contributed by atoms with Crippen LogP contribution in [0.5, 0.6) is 17.2 Å². The normalized spacial score (nSPS) is 13.0. The number of fused-ring (bicyclic) bond motifs is 1. The van der Waals surface area contributed by atoms with Gasteiger partial charge in [-0.05, 0) is 48.2 Å². The molecule has 0 unspecified atom stereocenters. The van der Waals surface area contributed by atoms with Gasteiger partial charge in [-0.3, -0.25) is 9.59 Å². The summed E-state index contributed by atoms with van der Waals surface area (Å²) in [7, 11) is 3.17. The molecule has 0 aromatic heterocycles. The highest BCUT2D eigenvalue weighted by Gasteiger charge is 2.26. The van der Waals surface area contributed by atoms with Gasteiger partial charge in [-0.2, -0.15) is 0 Å². The van der Waals surface area contributed by atoms with Gasteiger partial charge in [-0.1, -0.05) is 19.9 Å². The van der Waals surface area contributed by atoms with Crippen LogP contribution in [0.4, 0.5) is 11.4 Å². The number of nitrogens with one attached hydrogen (secondary N) is 1. The largest absolute Gasteiger partial charge is 0.493 e. The van der Waals surface area contributed by atoms with Gasteiger partial charge in [0.25, 0.3) is 5.91 Å². The van der Waals surface area contributed by atoms with Gasteiger partial charge in [0.05, 0.1) is 19.9 Å². The van der Waals surface area contributed by atoms with Crippen molar-refractivity contribution in [2.45, 2.75) is 26.7 Å². The summed E-state index contributed by atoms with van der Waals surface area (Å²) in [6.45, 7) is 4.76.